The zero-order valence-electron chi connectivity index (χ0n) is 8.39. The van der Waals surface area contributed by atoms with Crippen LogP contribution in [0.2, 0.25) is 0 Å². The molecule has 0 aromatic heterocycles. The van der Waals surface area contributed by atoms with Gasteiger partial charge in [-0.1, -0.05) is 6.58 Å². The van der Waals surface area contributed by atoms with Gasteiger partial charge in [-0.05, 0) is 12.2 Å². The van der Waals surface area contributed by atoms with Gasteiger partial charge in [0, 0.05) is 12.0 Å². The summed E-state index contributed by atoms with van der Waals surface area (Å²) in [5.74, 6) is 0. The maximum Gasteiger partial charge on any atom is 0.140 e. The lowest BCUT2D eigenvalue weighted by Crippen LogP contribution is -2.51. The first-order valence-electron chi connectivity index (χ1n) is 5.18. The zero-order chi connectivity index (χ0) is 10.2. The van der Waals surface area contributed by atoms with Crippen molar-refractivity contribution >= 4 is 0 Å². The molecule has 2 rings (SSSR count). The van der Waals surface area contributed by atoms with Crippen molar-refractivity contribution in [3.05, 3.63) is 24.3 Å². The predicted octanol–water partition coefficient (Wildman–Crippen LogP) is 0.0547. The molecule has 0 radical (unpaired) electrons. The van der Waals surface area contributed by atoms with E-state index < -0.39 is 0 Å². The second kappa shape index (κ2) is 3.50. The molecule has 2 N–H and O–H groups in total. The molecule has 1 fully saturated rings. The lowest BCUT2D eigenvalue weighted by molar-refractivity contribution is -0.920. The van der Waals surface area contributed by atoms with Crippen molar-refractivity contribution in [2.75, 3.05) is 26.2 Å². The molecular weight excluding hydrogens is 178 g/mol. The molecule has 3 unspecified atom stereocenters. The standard InChI is InChI=1S/C11H18NO2/c1-2-5-12-6-3-9(8-13)11(12)10(14)4-7-12/h2-3,10-11,13-14H,1,4-8H2/q+1. The molecule has 0 amide bonds. The molecule has 1 saturated heterocycles. The summed E-state index contributed by atoms with van der Waals surface area (Å²) >= 11 is 0. The van der Waals surface area contributed by atoms with Gasteiger partial charge in [0.15, 0.2) is 0 Å². The smallest absolute Gasteiger partial charge is 0.140 e. The SMILES string of the molecule is C=CC[N+]12CC=C(CO)C1C(O)CC2. The Bertz CT molecular complexity index is 274. The van der Waals surface area contributed by atoms with E-state index in [0.29, 0.717) is 0 Å². The minimum atomic E-state index is -0.282. The van der Waals surface area contributed by atoms with Crippen molar-refractivity contribution < 1.29 is 14.7 Å². The van der Waals surface area contributed by atoms with Crippen LogP contribution in [0.4, 0.5) is 0 Å². The quantitative estimate of drug-likeness (QED) is 0.495. The largest absolute Gasteiger partial charge is 0.392 e. The number of hydrogen-bond donors (Lipinski definition) is 2. The Morgan fingerprint density at radius 1 is 1.64 bits per heavy atom. The first-order chi connectivity index (χ1) is 6.73. The summed E-state index contributed by atoms with van der Waals surface area (Å²) in [6.45, 7) is 6.68. The van der Waals surface area contributed by atoms with Gasteiger partial charge in [0.25, 0.3) is 0 Å². The third kappa shape index (κ3) is 1.24. The molecule has 0 aliphatic carbocycles. The number of aliphatic hydroxyl groups excluding tert-OH is 2. The Labute approximate surface area is 84.6 Å². The van der Waals surface area contributed by atoms with Gasteiger partial charge >= 0.3 is 0 Å². The monoisotopic (exact) mass is 196 g/mol. The number of hydrogen-bond acceptors (Lipinski definition) is 2. The van der Waals surface area contributed by atoms with Crippen LogP contribution >= 0.6 is 0 Å². The molecule has 0 saturated carbocycles. The molecule has 78 valence electrons. The van der Waals surface area contributed by atoms with Gasteiger partial charge < -0.3 is 14.7 Å². The Hall–Kier alpha value is -0.640. The molecule has 14 heavy (non-hydrogen) atoms. The summed E-state index contributed by atoms with van der Waals surface area (Å²) in [6.07, 6.45) is 4.56. The van der Waals surface area contributed by atoms with Crippen LogP contribution in [0.3, 0.4) is 0 Å². The maximum atomic E-state index is 9.89. The van der Waals surface area contributed by atoms with E-state index in [9.17, 15) is 10.2 Å². The van der Waals surface area contributed by atoms with E-state index in [1.165, 1.54) is 0 Å². The van der Waals surface area contributed by atoms with E-state index in [4.69, 9.17) is 0 Å². The van der Waals surface area contributed by atoms with Crippen molar-refractivity contribution in [2.24, 2.45) is 0 Å². The molecule has 0 aromatic rings. The topological polar surface area (TPSA) is 40.5 Å². The number of aliphatic hydroxyl groups is 2. The minimum Gasteiger partial charge on any atom is -0.392 e. The predicted molar refractivity (Wildman–Crippen MR) is 54.6 cm³/mol. The van der Waals surface area contributed by atoms with E-state index in [1.54, 1.807) is 0 Å². The molecule has 2 aliphatic rings. The highest BCUT2D eigenvalue weighted by molar-refractivity contribution is 5.18. The van der Waals surface area contributed by atoms with Gasteiger partial charge in [-0.25, -0.2) is 0 Å². The van der Waals surface area contributed by atoms with Gasteiger partial charge in [0.05, 0.1) is 26.2 Å². The number of nitrogens with zero attached hydrogens (tertiary/aromatic N) is 1. The van der Waals surface area contributed by atoms with E-state index in [-0.39, 0.29) is 18.8 Å². The molecular formula is C11H18NO2+. The van der Waals surface area contributed by atoms with Gasteiger partial charge in [-0.3, -0.25) is 0 Å². The molecule has 0 bridgehead atoms. The second-order valence-corrected chi connectivity index (χ2v) is 4.33. The highest BCUT2D eigenvalue weighted by atomic mass is 16.3. The van der Waals surface area contributed by atoms with Crippen molar-refractivity contribution in [3.8, 4) is 0 Å². The second-order valence-electron chi connectivity index (χ2n) is 4.33. The van der Waals surface area contributed by atoms with Crippen LogP contribution in [0, 0.1) is 0 Å². The van der Waals surface area contributed by atoms with Crippen molar-refractivity contribution in [3.63, 3.8) is 0 Å². The molecule has 2 heterocycles. The summed E-state index contributed by atoms with van der Waals surface area (Å²) < 4.78 is 0.876. The van der Waals surface area contributed by atoms with Crippen molar-refractivity contribution in [2.45, 2.75) is 18.6 Å². The van der Waals surface area contributed by atoms with Gasteiger partial charge in [-0.15, -0.1) is 0 Å². The van der Waals surface area contributed by atoms with E-state index in [2.05, 4.69) is 12.7 Å². The van der Waals surface area contributed by atoms with Crippen LogP contribution in [0.15, 0.2) is 24.3 Å². The average molecular weight is 196 g/mol. The van der Waals surface area contributed by atoms with Crippen molar-refractivity contribution in [1.29, 1.82) is 0 Å². The highest BCUT2D eigenvalue weighted by Crippen LogP contribution is 2.36. The van der Waals surface area contributed by atoms with Crippen LogP contribution in [-0.2, 0) is 0 Å². The Morgan fingerprint density at radius 2 is 2.43 bits per heavy atom. The van der Waals surface area contributed by atoms with Gasteiger partial charge in [0.1, 0.15) is 12.1 Å². The lowest BCUT2D eigenvalue weighted by atomic mass is 10.0. The summed E-state index contributed by atoms with van der Waals surface area (Å²) in [5.41, 5.74) is 1.01. The molecule has 3 atom stereocenters. The first kappa shape index (κ1) is 9.90. The maximum absolute atomic E-state index is 9.89. The number of fused-ring (bicyclic) bond motifs is 1. The van der Waals surface area contributed by atoms with Crippen LogP contribution < -0.4 is 0 Å². The van der Waals surface area contributed by atoms with E-state index in [1.807, 2.05) is 6.08 Å². The van der Waals surface area contributed by atoms with Gasteiger partial charge in [0.2, 0.25) is 0 Å². The van der Waals surface area contributed by atoms with E-state index >= 15 is 0 Å². The van der Waals surface area contributed by atoms with Crippen LogP contribution in [0.5, 0.6) is 0 Å². The fourth-order valence-corrected chi connectivity index (χ4v) is 2.97. The van der Waals surface area contributed by atoms with Crippen LogP contribution in [0.1, 0.15) is 6.42 Å². The summed E-state index contributed by atoms with van der Waals surface area (Å²) in [5, 5.41) is 19.1. The van der Waals surface area contributed by atoms with Crippen LogP contribution in [0.25, 0.3) is 0 Å². The summed E-state index contributed by atoms with van der Waals surface area (Å²) in [4.78, 5) is 0. The number of quaternary nitrogens is 1. The lowest BCUT2D eigenvalue weighted by Gasteiger charge is -2.35. The third-order valence-electron chi connectivity index (χ3n) is 3.60. The molecule has 2 aliphatic heterocycles. The number of rotatable bonds is 3. The summed E-state index contributed by atoms with van der Waals surface area (Å²) in [7, 11) is 0. The third-order valence-corrected chi connectivity index (χ3v) is 3.60. The highest BCUT2D eigenvalue weighted by Gasteiger charge is 2.51. The molecule has 3 nitrogen and oxygen atoms in total. The van der Waals surface area contributed by atoms with Crippen molar-refractivity contribution in [1.82, 2.24) is 0 Å². The van der Waals surface area contributed by atoms with Gasteiger partial charge in [-0.2, -0.15) is 0 Å². The molecule has 3 heteroatoms. The molecule has 0 aromatic carbocycles. The first-order valence-corrected chi connectivity index (χ1v) is 5.18. The fraction of sp³-hybridized carbons (Fsp3) is 0.636. The average Bonchev–Trinajstić information content (AvgIpc) is 2.67. The Balaban J connectivity index is 2.25. The minimum absolute atomic E-state index is 0.0822. The molecule has 0 spiro atoms. The summed E-state index contributed by atoms with van der Waals surface area (Å²) in [6, 6.07) is 0.123. The van der Waals surface area contributed by atoms with Crippen LogP contribution in [-0.4, -0.2) is 53.1 Å². The zero-order valence-corrected chi connectivity index (χ0v) is 8.39. The fourth-order valence-electron chi connectivity index (χ4n) is 2.97. The Kier molecular flexibility index (Phi) is 2.47. The Morgan fingerprint density at radius 3 is 3.07 bits per heavy atom. The normalized spacial score (nSPS) is 40.9. The van der Waals surface area contributed by atoms with E-state index in [0.717, 1.165) is 36.1 Å².